The lowest BCUT2D eigenvalue weighted by atomic mass is 10.3. The van der Waals surface area contributed by atoms with Crippen LogP contribution in [0.4, 0.5) is 5.82 Å². The van der Waals surface area contributed by atoms with Crippen molar-refractivity contribution in [2.45, 2.75) is 26.9 Å². The first kappa shape index (κ1) is 16.5. The highest BCUT2D eigenvalue weighted by Crippen LogP contribution is 2.22. The SMILES string of the molecule is CC(C)=CC(=O)OC(C)C(=O)Nc1ncc(Cl)cc1Cl. The molecule has 1 aromatic rings. The summed E-state index contributed by atoms with van der Waals surface area (Å²) in [6.07, 6.45) is 1.69. The summed E-state index contributed by atoms with van der Waals surface area (Å²) in [5, 5.41) is 3.02. The normalized spacial score (nSPS) is 11.4. The summed E-state index contributed by atoms with van der Waals surface area (Å²) in [7, 11) is 0. The Balaban J connectivity index is 2.66. The Bertz CT molecular complexity index is 555. The van der Waals surface area contributed by atoms with E-state index < -0.39 is 18.0 Å². The minimum atomic E-state index is -0.966. The maximum absolute atomic E-state index is 11.8. The van der Waals surface area contributed by atoms with Gasteiger partial charge in [-0.3, -0.25) is 4.79 Å². The molecule has 0 saturated heterocycles. The minimum Gasteiger partial charge on any atom is -0.449 e. The number of nitrogens with zero attached hydrogens (tertiary/aromatic N) is 1. The fraction of sp³-hybridized carbons (Fsp3) is 0.308. The number of ether oxygens (including phenoxy) is 1. The topological polar surface area (TPSA) is 68.3 Å². The highest BCUT2D eigenvalue weighted by molar-refractivity contribution is 6.36. The van der Waals surface area contributed by atoms with Crippen LogP contribution >= 0.6 is 23.2 Å². The molecule has 1 heterocycles. The molecule has 1 rings (SSSR count). The van der Waals surface area contributed by atoms with Crippen molar-refractivity contribution >= 4 is 40.9 Å². The summed E-state index contributed by atoms with van der Waals surface area (Å²) >= 11 is 11.6. The minimum absolute atomic E-state index is 0.158. The Labute approximate surface area is 126 Å². The number of rotatable bonds is 4. The molecule has 5 nitrogen and oxygen atoms in total. The van der Waals surface area contributed by atoms with Crippen LogP contribution < -0.4 is 5.32 Å². The van der Waals surface area contributed by atoms with Gasteiger partial charge in [0.05, 0.1) is 10.0 Å². The molecule has 7 heteroatoms. The summed E-state index contributed by atoms with van der Waals surface area (Å²) in [6, 6.07) is 1.45. The van der Waals surface area contributed by atoms with Crippen LogP contribution in [-0.2, 0) is 14.3 Å². The number of carbonyl (C=O) groups is 2. The summed E-state index contributed by atoms with van der Waals surface area (Å²) in [4.78, 5) is 27.1. The fourth-order valence-corrected chi connectivity index (χ4v) is 1.65. The number of allylic oxidation sites excluding steroid dienone is 1. The molecule has 0 spiro atoms. The van der Waals surface area contributed by atoms with Crippen molar-refractivity contribution in [3.63, 3.8) is 0 Å². The molecule has 1 unspecified atom stereocenters. The van der Waals surface area contributed by atoms with E-state index in [1.54, 1.807) is 13.8 Å². The number of nitrogens with one attached hydrogen (secondary N) is 1. The number of amides is 1. The zero-order valence-electron chi connectivity index (χ0n) is 11.2. The van der Waals surface area contributed by atoms with Gasteiger partial charge >= 0.3 is 5.97 Å². The molecule has 1 amide bonds. The van der Waals surface area contributed by atoms with Crippen LogP contribution in [0.5, 0.6) is 0 Å². The van der Waals surface area contributed by atoms with Crippen molar-refractivity contribution in [3.8, 4) is 0 Å². The van der Waals surface area contributed by atoms with Gasteiger partial charge in [0.25, 0.3) is 5.91 Å². The third-order valence-corrected chi connectivity index (χ3v) is 2.61. The average molecular weight is 317 g/mol. The first-order valence-corrected chi connectivity index (χ1v) is 6.52. The number of carbonyl (C=O) groups excluding carboxylic acids is 2. The number of aromatic nitrogens is 1. The van der Waals surface area contributed by atoms with E-state index in [9.17, 15) is 9.59 Å². The first-order chi connectivity index (χ1) is 9.29. The fourth-order valence-electron chi connectivity index (χ4n) is 1.22. The van der Waals surface area contributed by atoms with Gasteiger partial charge in [0.1, 0.15) is 0 Å². The largest absolute Gasteiger partial charge is 0.449 e. The van der Waals surface area contributed by atoms with Crippen molar-refractivity contribution in [2.24, 2.45) is 0 Å². The number of hydrogen-bond donors (Lipinski definition) is 1. The van der Waals surface area contributed by atoms with E-state index >= 15 is 0 Å². The molecule has 1 N–H and O–H groups in total. The van der Waals surface area contributed by atoms with Crippen LogP contribution in [0.25, 0.3) is 0 Å². The van der Waals surface area contributed by atoms with Gasteiger partial charge in [0, 0.05) is 12.3 Å². The second-order valence-corrected chi connectivity index (χ2v) is 5.12. The second kappa shape index (κ2) is 7.26. The van der Waals surface area contributed by atoms with E-state index in [1.165, 1.54) is 25.3 Å². The highest BCUT2D eigenvalue weighted by atomic mass is 35.5. The van der Waals surface area contributed by atoms with Crippen molar-refractivity contribution in [1.29, 1.82) is 0 Å². The molecule has 0 bridgehead atoms. The lowest BCUT2D eigenvalue weighted by molar-refractivity contribution is -0.148. The molecule has 0 aliphatic rings. The number of hydrogen-bond acceptors (Lipinski definition) is 4. The van der Waals surface area contributed by atoms with E-state index in [2.05, 4.69) is 10.3 Å². The number of pyridine rings is 1. The number of halogens is 2. The molecule has 20 heavy (non-hydrogen) atoms. The molecule has 0 saturated carbocycles. The van der Waals surface area contributed by atoms with Gasteiger partial charge in [-0.15, -0.1) is 0 Å². The standard InChI is InChI=1S/C13H14Cl2N2O3/c1-7(2)4-11(18)20-8(3)13(19)17-12-10(15)5-9(14)6-16-12/h4-6,8H,1-3H3,(H,16,17,19). The van der Waals surface area contributed by atoms with E-state index in [-0.39, 0.29) is 10.8 Å². The van der Waals surface area contributed by atoms with Gasteiger partial charge in [-0.2, -0.15) is 0 Å². The molecular weight excluding hydrogens is 303 g/mol. The smallest absolute Gasteiger partial charge is 0.331 e. The Morgan fingerprint density at radius 3 is 2.60 bits per heavy atom. The lowest BCUT2D eigenvalue weighted by Gasteiger charge is -2.12. The Morgan fingerprint density at radius 1 is 1.40 bits per heavy atom. The van der Waals surface area contributed by atoms with Crippen molar-refractivity contribution < 1.29 is 14.3 Å². The summed E-state index contributed by atoms with van der Waals surface area (Å²) in [6.45, 7) is 4.96. The van der Waals surface area contributed by atoms with Crippen LogP contribution in [0.1, 0.15) is 20.8 Å². The van der Waals surface area contributed by atoms with E-state index in [0.29, 0.717) is 5.02 Å². The highest BCUT2D eigenvalue weighted by Gasteiger charge is 2.18. The Morgan fingerprint density at radius 2 is 2.05 bits per heavy atom. The molecule has 0 aliphatic heterocycles. The third kappa shape index (κ3) is 5.19. The van der Waals surface area contributed by atoms with Gasteiger partial charge in [-0.1, -0.05) is 28.8 Å². The maximum Gasteiger partial charge on any atom is 0.331 e. The van der Waals surface area contributed by atoms with Gasteiger partial charge in [0.2, 0.25) is 0 Å². The van der Waals surface area contributed by atoms with E-state index in [4.69, 9.17) is 27.9 Å². The molecule has 1 aromatic heterocycles. The summed E-state index contributed by atoms with van der Waals surface area (Å²) < 4.78 is 4.93. The monoisotopic (exact) mass is 316 g/mol. The van der Waals surface area contributed by atoms with Gasteiger partial charge in [0.15, 0.2) is 11.9 Å². The summed E-state index contributed by atoms with van der Waals surface area (Å²) in [5.74, 6) is -0.953. The third-order valence-electron chi connectivity index (χ3n) is 2.12. The van der Waals surface area contributed by atoms with Crippen molar-refractivity contribution in [1.82, 2.24) is 4.98 Å². The quantitative estimate of drug-likeness (QED) is 0.684. The number of anilines is 1. The predicted octanol–water partition coefficient (Wildman–Crippen LogP) is 3.22. The molecule has 1 atom stereocenters. The Kier molecular flexibility index (Phi) is 5.98. The molecular formula is C13H14Cl2N2O3. The number of esters is 1. The van der Waals surface area contributed by atoms with E-state index in [0.717, 1.165) is 5.57 Å². The van der Waals surface area contributed by atoms with E-state index in [1.807, 2.05) is 0 Å². The zero-order valence-corrected chi connectivity index (χ0v) is 12.7. The van der Waals surface area contributed by atoms with Gasteiger partial charge < -0.3 is 10.1 Å². The second-order valence-electron chi connectivity index (χ2n) is 4.27. The van der Waals surface area contributed by atoms with Crippen LogP contribution in [0.2, 0.25) is 10.0 Å². The average Bonchev–Trinajstić information content (AvgIpc) is 2.31. The van der Waals surface area contributed by atoms with Crippen molar-refractivity contribution in [3.05, 3.63) is 34.0 Å². The van der Waals surface area contributed by atoms with Gasteiger partial charge in [-0.25, -0.2) is 9.78 Å². The molecule has 0 aliphatic carbocycles. The maximum atomic E-state index is 11.8. The Hall–Kier alpha value is -1.59. The van der Waals surface area contributed by atoms with Crippen LogP contribution in [0.3, 0.4) is 0 Å². The molecule has 0 aromatic carbocycles. The zero-order chi connectivity index (χ0) is 15.3. The lowest BCUT2D eigenvalue weighted by Crippen LogP contribution is -2.30. The molecule has 0 radical (unpaired) electrons. The molecule has 0 fully saturated rings. The van der Waals surface area contributed by atoms with Crippen LogP contribution in [0.15, 0.2) is 23.9 Å². The van der Waals surface area contributed by atoms with Gasteiger partial charge in [-0.05, 0) is 26.8 Å². The van der Waals surface area contributed by atoms with Crippen LogP contribution in [0, 0.1) is 0 Å². The van der Waals surface area contributed by atoms with Crippen LogP contribution in [-0.4, -0.2) is 23.0 Å². The first-order valence-electron chi connectivity index (χ1n) is 5.77. The van der Waals surface area contributed by atoms with Crippen molar-refractivity contribution in [2.75, 3.05) is 5.32 Å². The summed E-state index contributed by atoms with van der Waals surface area (Å²) in [5.41, 5.74) is 0.782. The molecule has 108 valence electrons. The predicted molar refractivity (Wildman–Crippen MR) is 77.9 cm³/mol.